The molecule has 1 aliphatic heterocycles. The lowest BCUT2D eigenvalue weighted by atomic mass is 10.0. The molecule has 0 aliphatic carbocycles. The van der Waals surface area contributed by atoms with E-state index in [1.807, 2.05) is 38.1 Å². The highest BCUT2D eigenvalue weighted by molar-refractivity contribution is 5.89. The number of carbonyl (C=O) groups is 1. The maximum absolute atomic E-state index is 12.4. The molecule has 7 heteroatoms. The minimum Gasteiger partial charge on any atom is -0.332 e. The van der Waals surface area contributed by atoms with E-state index in [4.69, 9.17) is 0 Å². The standard InChI is InChI=1S/C18H24N6O/c1-13-12-17(24(22-13)16-6-4-5-9-19-16)21-18(25)20-14(2)15-7-10-23(3)11-8-15/h4-7,9,12,14H,8,10-11H2,1-3H3,(H2,20,21,25)/t14-/m0/s1. The Morgan fingerprint density at radius 2 is 2.20 bits per heavy atom. The van der Waals surface area contributed by atoms with Gasteiger partial charge in [-0.15, -0.1) is 0 Å². The molecule has 0 saturated carbocycles. The van der Waals surface area contributed by atoms with Crippen LogP contribution in [-0.4, -0.2) is 51.9 Å². The molecule has 3 rings (SSSR count). The minimum absolute atomic E-state index is 0.000943. The molecule has 7 nitrogen and oxygen atoms in total. The molecule has 0 fully saturated rings. The van der Waals surface area contributed by atoms with Gasteiger partial charge in [0, 0.05) is 31.4 Å². The molecule has 1 atom stereocenters. The first-order valence-electron chi connectivity index (χ1n) is 8.46. The highest BCUT2D eigenvalue weighted by Gasteiger charge is 2.17. The molecule has 132 valence electrons. The summed E-state index contributed by atoms with van der Waals surface area (Å²) in [5.74, 6) is 1.26. The zero-order valence-corrected chi connectivity index (χ0v) is 14.9. The molecule has 2 aromatic rings. The predicted octanol–water partition coefficient (Wildman–Crippen LogP) is 2.35. The first-order valence-corrected chi connectivity index (χ1v) is 8.46. The molecule has 0 unspecified atom stereocenters. The molecule has 25 heavy (non-hydrogen) atoms. The third-order valence-corrected chi connectivity index (χ3v) is 4.29. The highest BCUT2D eigenvalue weighted by Crippen LogP contribution is 2.16. The van der Waals surface area contributed by atoms with Crippen LogP contribution < -0.4 is 10.6 Å². The lowest BCUT2D eigenvalue weighted by Crippen LogP contribution is -2.39. The molecule has 0 aromatic carbocycles. The van der Waals surface area contributed by atoms with Crippen LogP contribution in [0.15, 0.2) is 42.1 Å². The number of amides is 2. The summed E-state index contributed by atoms with van der Waals surface area (Å²) in [6, 6.07) is 7.16. The van der Waals surface area contributed by atoms with Gasteiger partial charge in [-0.05, 0) is 45.0 Å². The van der Waals surface area contributed by atoms with Gasteiger partial charge in [0.2, 0.25) is 0 Å². The number of carbonyl (C=O) groups excluding carboxylic acids is 1. The van der Waals surface area contributed by atoms with Crippen molar-refractivity contribution in [2.24, 2.45) is 0 Å². The van der Waals surface area contributed by atoms with Crippen LogP contribution in [0, 0.1) is 6.92 Å². The molecule has 0 bridgehead atoms. The average molecular weight is 340 g/mol. The van der Waals surface area contributed by atoms with Gasteiger partial charge in [0.15, 0.2) is 5.82 Å². The van der Waals surface area contributed by atoms with Crippen molar-refractivity contribution in [3.05, 3.63) is 47.8 Å². The summed E-state index contributed by atoms with van der Waals surface area (Å²) < 4.78 is 1.63. The number of nitrogens with zero attached hydrogens (tertiary/aromatic N) is 4. The van der Waals surface area contributed by atoms with Crippen LogP contribution in [0.5, 0.6) is 0 Å². The second kappa shape index (κ2) is 7.48. The number of aryl methyl sites for hydroxylation is 1. The van der Waals surface area contributed by atoms with E-state index in [1.165, 1.54) is 5.57 Å². The summed E-state index contributed by atoms with van der Waals surface area (Å²) in [6.45, 7) is 5.84. The Hall–Kier alpha value is -2.67. The number of aromatic nitrogens is 3. The number of hydrogen-bond donors (Lipinski definition) is 2. The summed E-state index contributed by atoms with van der Waals surface area (Å²) in [5.41, 5.74) is 2.08. The molecule has 1 aliphatic rings. The van der Waals surface area contributed by atoms with Gasteiger partial charge >= 0.3 is 6.03 Å². The predicted molar refractivity (Wildman–Crippen MR) is 97.9 cm³/mol. The van der Waals surface area contributed by atoms with Gasteiger partial charge in [0.25, 0.3) is 0 Å². The van der Waals surface area contributed by atoms with Crippen LogP contribution in [0.25, 0.3) is 5.82 Å². The third-order valence-electron chi connectivity index (χ3n) is 4.29. The van der Waals surface area contributed by atoms with E-state index in [0.717, 1.165) is 25.2 Å². The van der Waals surface area contributed by atoms with Crippen LogP contribution >= 0.6 is 0 Å². The van der Waals surface area contributed by atoms with Crippen molar-refractivity contribution in [3.63, 3.8) is 0 Å². The average Bonchev–Trinajstić information content (AvgIpc) is 2.96. The van der Waals surface area contributed by atoms with Crippen molar-refractivity contribution >= 4 is 11.8 Å². The number of hydrogen-bond acceptors (Lipinski definition) is 4. The number of anilines is 1. The van der Waals surface area contributed by atoms with Gasteiger partial charge < -0.3 is 10.2 Å². The molecule has 2 N–H and O–H groups in total. The van der Waals surface area contributed by atoms with Crippen molar-refractivity contribution in [2.75, 3.05) is 25.5 Å². The number of urea groups is 1. The smallest absolute Gasteiger partial charge is 0.320 e. The van der Waals surface area contributed by atoms with E-state index in [2.05, 4.69) is 38.7 Å². The number of likely N-dealkylation sites (N-methyl/N-ethyl adjacent to an activating group) is 1. The normalized spacial score (nSPS) is 16.2. The third kappa shape index (κ3) is 4.24. The quantitative estimate of drug-likeness (QED) is 0.838. The van der Waals surface area contributed by atoms with E-state index >= 15 is 0 Å². The fourth-order valence-corrected chi connectivity index (χ4v) is 2.86. The SMILES string of the molecule is Cc1cc(NC(=O)N[C@@H](C)C2=CCN(C)CC2)n(-c2ccccn2)n1. The molecule has 3 heterocycles. The summed E-state index contributed by atoms with van der Waals surface area (Å²) in [6.07, 6.45) is 4.87. The zero-order valence-electron chi connectivity index (χ0n) is 14.9. The molecule has 0 saturated heterocycles. The van der Waals surface area contributed by atoms with Crippen LogP contribution in [0.1, 0.15) is 19.0 Å². The van der Waals surface area contributed by atoms with Crippen LogP contribution in [-0.2, 0) is 0 Å². The van der Waals surface area contributed by atoms with Crippen molar-refractivity contribution in [3.8, 4) is 5.82 Å². The summed E-state index contributed by atoms with van der Waals surface area (Å²) in [7, 11) is 2.10. The second-order valence-electron chi connectivity index (χ2n) is 6.38. The maximum Gasteiger partial charge on any atom is 0.320 e. The van der Waals surface area contributed by atoms with Crippen molar-refractivity contribution < 1.29 is 4.79 Å². The number of rotatable bonds is 4. The van der Waals surface area contributed by atoms with Crippen LogP contribution in [0.4, 0.5) is 10.6 Å². The molecule has 0 spiro atoms. The van der Waals surface area contributed by atoms with Gasteiger partial charge in [-0.3, -0.25) is 5.32 Å². The molecule has 0 radical (unpaired) electrons. The number of nitrogens with one attached hydrogen (secondary N) is 2. The zero-order chi connectivity index (χ0) is 17.8. The largest absolute Gasteiger partial charge is 0.332 e. The second-order valence-corrected chi connectivity index (χ2v) is 6.38. The van der Waals surface area contributed by atoms with E-state index in [9.17, 15) is 4.79 Å². The Labute approximate surface area is 147 Å². The lowest BCUT2D eigenvalue weighted by Gasteiger charge is -2.26. The Morgan fingerprint density at radius 1 is 1.36 bits per heavy atom. The fourth-order valence-electron chi connectivity index (χ4n) is 2.86. The maximum atomic E-state index is 12.4. The Balaban J connectivity index is 1.67. The van der Waals surface area contributed by atoms with Crippen LogP contribution in [0.3, 0.4) is 0 Å². The molecule has 2 aromatic heterocycles. The van der Waals surface area contributed by atoms with E-state index in [1.54, 1.807) is 10.9 Å². The first-order chi connectivity index (χ1) is 12.0. The summed E-state index contributed by atoms with van der Waals surface area (Å²) in [4.78, 5) is 18.9. The highest BCUT2D eigenvalue weighted by atomic mass is 16.2. The Morgan fingerprint density at radius 3 is 2.88 bits per heavy atom. The summed E-state index contributed by atoms with van der Waals surface area (Å²) in [5, 5.41) is 10.3. The van der Waals surface area contributed by atoms with Crippen molar-refractivity contribution in [1.29, 1.82) is 0 Å². The van der Waals surface area contributed by atoms with E-state index < -0.39 is 0 Å². The lowest BCUT2D eigenvalue weighted by molar-refractivity contribution is 0.249. The van der Waals surface area contributed by atoms with Gasteiger partial charge in [-0.1, -0.05) is 12.1 Å². The fraction of sp³-hybridized carbons (Fsp3) is 0.389. The van der Waals surface area contributed by atoms with Gasteiger partial charge in [-0.2, -0.15) is 9.78 Å². The number of pyridine rings is 1. The van der Waals surface area contributed by atoms with E-state index in [-0.39, 0.29) is 12.1 Å². The van der Waals surface area contributed by atoms with Gasteiger partial charge in [0.05, 0.1) is 5.69 Å². The Kier molecular flexibility index (Phi) is 5.14. The van der Waals surface area contributed by atoms with Crippen molar-refractivity contribution in [2.45, 2.75) is 26.3 Å². The van der Waals surface area contributed by atoms with Gasteiger partial charge in [0.1, 0.15) is 5.82 Å². The monoisotopic (exact) mass is 340 g/mol. The van der Waals surface area contributed by atoms with Gasteiger partial charge in [-0.25, -0.2) is 9.78 Å². The molecular formula is C18H24N6O. The molecule has 2 amide bonds. The minimum atomic E-state index is -0.246. The van der Waals surface area contributed by atoms with E-state index in [0.29, 0.717) is 11.6 Å². The van der Waals surface area contributed by atoms with Crippen molar-refractivity contribution in [1.82, 2.24) is 25.0 Å². The topological polar surface area (TPSA) is 75.1 Å². The molecular weight excluding hydrogens is 316 g/mol. The van der Waals surface area contributed by atoms with Crippen LogP contribution in [0.2, 0.25) is 0 Å². The first kappa shape index (κ1) is 17.2. The Bertz CT molecular complexity index is 767. The summed E-state index contributed by atoms with van der Waals surface area (Å²) >= 11 is 0.